The highest BCUT2D eigenvalue weighted by molar-refractivity contribution is 7.89. The van der Waals surface area contributed by atoms with E-state index >= 15 is 0 Å². The maximum absolute atomic E-state index is 13.0. The van der Waals surface area contributed by atoms with Gasteiger partial charge in [-0.2, -0.15) is 0 Å². The Labute approximate surface area is 158 Å². The number of halogens is 1. The molecule has 3 rings (SSSR count). The van der Waals surface area contributed by atoms with Crippen molar-refractivity contribution >= 4 is 15.9 Å². The van der Waals surface area contributed by atoms with Crippen LogP contribution >= 0.6 is 0 Å². The van der Waals surface area contributed by atoms with Crippen molar-refractivity contribution in [2.24, 2.45) is 0 Å². The van der Waals surface area contributed by atoms with Crippen molar-refractivity contribution in [3.05, 3.63) is 30.1 Å². The van der Waals surface area contributed by atoms with Gasteiger partial charge in [-0.3, -0.25) is 4.79 Å². The Morgan fingerprint density at radius 2 is 1.89 bits per heavy atom. The molecular formula is C18H25FN2O5S. The fourth-order valence-electron chi connectivity index (χ4n) is 3.34. The van der Waals surface area contributed by atoms with Crippen molar-refractivity contribution in [2.45, 2.75) is 67.7 Å². The fourth-order valence-corrected chi connectivity index (χ4v) is 4.64. The summed E-state index contributed by atoms with van der Waals surface area (Å²) in [4.78, 5) is 12.0. The number of ether oxygens (including phenoxy) is 1. The number of hydrogen-bond acceptors (Lipinski definition) is 5. The van der Waals surface area contributed by atoms with Gasteiger partial charge in [0.15, 0.2) is 0 Å². The zero-order chi connectivity index (χ0) is 19.4. The Kier molecular flexibility index (Phi) is 6.46. The number of carbonyl (C=O) groups is 1. The Balaban J connectivity index is 1.56. The van der Waals surface area contributed by atoms with Crippen molar-refractivity contribution in [2.75, 3.05) is 6.61 Å². The van der Waals surface area contributed by atoms with E-state index in [1.165, 1.54) is 12.1 Å². The topological polar surface area (TPSA) is 105 Å². The minimum Gasteiger partial charge on any atom is -0.394 e. The first kappa shape index (κ1) is 20.2. The lowest BCUT2D eigenvalue weighted by Crippen LogP contribution is -2.51. The number of sulfonamides is 1. The molecule has 1 aliphatic heterocycles. The summed E-state index contributed by atoms with van der Waals surface area (Å²) in [7, 11) is -3.86. The van der Waals surface area contributed by atoms with Crippen LogP contribution in [0.3, 0.4) is 0 Å². The molecule has 9 heteroatoms. The molecule has 1 aromatic rings. The van der Waals surface area contributed by atoms with E-state index in [1.807, 2.05) is 0 Å². The normalized spacial score (nSPS) is 26.4. The van der Waals surface area contributed by atoms with Crippen molar-refractivity contribution in [1.29, 1.82) is 0 Å². The molecule has 0 spiro atoms. The lowest BCUT2D eigenvalue weighted by atomic mass is 9.92. The predicted octanol–water partition coefficient (Wildman–Crippen LogP) is 1.07. The van der Waals surface area contributed by atoms with Crippen LogP contribution in [0.5, 0.6) is 0 Å². The summed E-state index contributed by atoms with van der Waals surface area (Å²) >= 11 is 0. The molecule has 2 aliphatic rings. The third-order valence-electron chi connectivity index (χ3n) is 5.11. The molecule has 150 valence electrons. The molecule has 1 amide bonds. The summed E-state index contributed by atoms with van der Waals surface area (Å²) in [6, 6.07) is 4.16. The zero-order valence-corrected chi connectivity index (χ0v) is 15.8. The summed E-state index contributed by atoms with van der Waals surface area (Å²) in [6.07, 6.45) is 3.19. The van der Waals surface area contributed by atoms with Crippen LogP contribution in [0.15, 0.2) is 29.2 Å². The summed E-state index contributed by atoms with van der Waals surface area (Å²) in [5.74, 6) is -0.599. The van der Waals surface area contributed by atoms with Gasteiger partial charge in [0.2, 0.25) is 15.9 Å². The molecule has 3 atom stereocenters. The van der Waals surface area contributed by atoms with E-state index in [0.717, 1.165) is 31.4 Å². The van der Waals surface area contributed by atoms with Gasteiger partial charge in [-0.05, 0) is 56.4 Å². The number of carbonyl (C=O) groups excluding carboxylic acids is 1. The van der Waals surface area contributed by atoms with Crippen LogP contribution in [0.2, 0.25) is 0 Å². The molecule has 0 bridgehead atoms. The van der Waals surface area contributed by atoms with Crippen LogP contribution in [0.4, 0.5) is 4.39 Å². The van der Waals surface area contributed by atoms with E-state index in [0.29, 0.717) is 12.8 Å². The Hall–Kier alpha value is -1.55. The maximum atomic E-state index is 13.0. The van der Waals surface area contributed by atoms with Gasteiger partial charge in [-0.25, -0.2) is 17.5 Å². The summed E-state index contributed by atoms with van der Waals surface area (Å²) in [5.41, 5.74) is 0. The second-order valence-electron chi connectivity index (χ2n) is 7.14. The van der Waals surface area contributed by atoms with Crippen LogP contribution in [-0.4, -0.2) is 50.3 Å². The van der Waals surface area contributed by atoms with Crippen LogP contribution in [0.25, 0.3) is 0 Å². The molecule has 2 fully saturated rings. The Bertz CT molecular complexity index is 752. The van der Waals surface area contributed by atoms with Gasteiger partial charge in [0.25, 0.3) is 0 Å². The number of nitrogens with one attached hydrogen (secondary N) is 2. The van der Waals surface area contributed by atoms with E-state index in [9.17, 15) is 22.7 Å². The standard InChI is InChI=1S/C18H25FN2O5S/c19-12-4-7-15(8-5-12)27(24,25)21-16-9-6-14(26-17(16)11-22)10-18(23)20-13-2-1-3-13/h4-5,7-8,13-14,16-17,21-22H,1-3,6,9-11H2,(H,20,23)/t14-,16-,17+/m0/s1. The number of hydrogen-bond donors (Lipinski definition) is 3. The monoisotopic (exact) mass is 400 g/mol. The fraction of sp³-hybridized carbons (Fsp3) is 0.611. The van der Waals surface area contributed by atoms with Crippen LogP contribution in [0, 0.1) is 5.82 Å². The molecule has 1 saturated carbocycles. The number of benzene rings is 1. The summed E-state index contributed by atoms with van der Waals surface area (Å²) in [6.45, 7) is -0.364. The summed E-state index contributed by atoms with van der Waals surface area (Å²) in [5, 5.41) is 12.5. The average molecular weight is 400 g/mol. The number of aliphatic hydroxyl groups is 1. The molecule has 1 saturated heterocycles. The molecule has 0 aromatic heterocycles. The smallest absolute Gasteiger partial charge is 0.240 e. The Morgan fingerprint density at radius 1 is 1.19 bits per heavy atom. The van der Waals surface area contributed by atoms with Gasteiger partial charge in [0.1, 0.15) is 5.82 Å². The zero-order valence-electron chi connectivity index (χ0n) is 14.9. The molecular weight excluding hydrogens is 375 g/mol. The highest BCUT2D eigenvalue weighted by Crippen LogP contribution is 2.24. The Morgan fingerprint density at radius 3 is 2.48 bits per heavy atom. The van der Waals surface area contributed by atoms with Crippen molar-refractivity contribution < 1.29 is 27.4 Å². The van der Waals surface area contributed by atoms with E-state index in [2.05, 4.69) is 10.0 Å². The summed E-state index contributed by atoms with van der Waals surface area (Å²) < 4.78 is 46.2. The quantitative estimate of drug-likeness (QED) is 0.635. The first-order valence-corrected chi connectivity index (χ1v) is 10.7. The molecule has 7 nitrogen and oxygen atoms in total. The van der Waals surface area contributed by atoms with Crippen LogP contribution < -0.4 is 10.0 Å². The van der Waals surface area contributed by atoms with Crippen molar-refractivity contribution in [3.63, 3.8) is 0 Å². The third kappa shape index (κ3) is 5.25. The van der Waals surface area contributed by atoms with Crippen LogP contribution in [0.1, 0.15) is 38.5 Å². The molecule has 1 aromatic carbocycles. The predicted molar refractivity (Wildman–Crippen MR) is 95.9 cm³/mol. The lowest BCUT2D eigenvalue weighted by molar-refractivity contribution is -0.131. The van der Waals surface area contributed by atoms with E-state index in [1.54, 1.807) is 0 Å². The van der Waals surface area contributed by atoms with Gasteiger partial charge in [0.05, 0.1) is 36.2 Å². The second kappa shape index (κ2) is 8.64. The van der Waals surface area contributed by atoms with Gasteiger partial charge in [-0.1, -0.05) is 0 Å². The molecule has 0 radical (unpaired) electrons. The minimum absolute atomic E-state index is 0.0532. The largest absolute Gasteiger partial charge is 0.394 e. The highest BCUT2D eigenvalue weighted by Gasteiger charge is 2.35. The van der Waals surface area contributed by atoms with Gasteiger partial charge >= 0.3 is 0 Å². The molecule has 1 heterocycles. The first-order valence-electron chi connectivity index (χ1n) is 9.21. The minimum atomic E-state index is -3.86. The van der Waals surface area contributed by atoms with Gasteiger partial charge in [-0.15, -0.1) is 0 Å². The van der Waals surface area contributed by atoms with Crippen LogP contribution in [-0.2, 0) is 19.6 Å². The molecule has 0 unspecified atom stereocenters. The molecule has 3 N–H and O–H groups in total. The van der Waals surface area contributed by atoms with Gasteiger partial charge in [0, 0.05) is 6.04 Å². The van der Waals surface area contributed by atoms with E-state index in [-0.39, 0.29) is 36.0 Å². The molecule has 1 aliphatic carbocycles. The molecule has 27 heavy (non-hydrogen) atoms. The second-order valence-corrected chi connectivity index (χ2v) is 8.85. The van der Waals surface area contributed by atoms with E-state index < -0.39 is 28.0 Å². The van der Waals surface area contributed by atoms with E-state index in [4.69, 9.17) is 4.74 Å². The van der Waals surface area contributed by atoms with Crippen molar-refractivity contribution in [1.82, 2.24) is 10.0 Å². The lowest BCUT2D eigenvalue weighted by Gasteiger charge is -2.36. The highest BCUT2D eigenvalue weighted by atomic mass is 32.2. The van der Waals surface area contributed by atoms with Crippen molar-refractivity contribution in [3.8, 4) is 0 Å². The van der Waals surface area contributed by atoms with Gasteiger partial charge < -0.3 is 15.2 Å². The maximum Gasteiger partial charge on any atom is 0.240 e. The first-order chi connectivity index (χ1) is 12.9. The third-order valence-corrected chi connectivity index (χ3v) is 6.62. The number of aliphatic hydroxyl groups excluding tert-OH is 1. The number of amides is 1. The SMILES string of the molecule is O=C(C[C@@H]1CC[C@H](NS(=O)(=O)c2ccc(F)cc2)[C@@H](CO)O1)NC1CCC1. The number of rotatable bonds is 7. The average Bonchev–Trinajstić information content (AvgIpc) is 2.59.